The van der Waals surface area contributed by atoms with Gasteiger partial charge in [-0.1, -0.05) is 99.5 Å². The van der Waals surface area contributed by atoms with E-state index in [1.807, 2.05) is 0 Å². The summed E-state index contributed by atoms with van der Waals surface area (Å²) in [6.45, 7) is 12.3. The van der Waals surface area contributed by atoms with Crippen molar-refractivity contribution in [1.29, 1.82) is 0 Å². The normalized spacial score (nSPS) is 17.9. The molecular weight excluding hydrogens is 807 g/mol. The number of unbranched alkanes of at least 4 members (excludes halogenated alkanes) is 5. The summed E-state index contributed by atoms with van der Waals surface area (Å²) >= 11 is 0. The van der Waals surface area contributed by atoms with Gasteiger partial charge in [-0.25, -0.2) is 0 Å². The number of rotatable bonds is 15. The fourth-order valence-corrected chi connectivity index (χ4v) is 9.69. The van der Waals surface area contributed by atoms with Crippen LogP contribution in [0.2, 0.25) is 0 Å². The molecule has 0 spiro atoms. The highest BCUT2D eigenvalue weighted by Crippen LogP contribution is 2.51. The number of amides is 1. The van der Waals surface area contributed by atoms with Crippen molar-refractivity contribution in [2.75, 3.05) is 31.6 Å². The fraction of sp³-hybridized carbons (Fsp3) is 0.412. The number of hydrogen-bond donors (Lipinski definition) is 2. The van der Waals surface area contributed by atoms with Gasteiger partial charge in [0.05, 0.1) is 12.0 Å². The molecule has 0 saturated heterocycles. The molecule has 1 aliphatic carbocycles. The molecule has 1 amide bonds. The van der Waals surface area contributed by atoms with E-state index >= 15 is 0 Å². The third kappa shape index (κ3) is 11.5. The van der Waals surface area contributed by atoms with Gasteiger partial charge in [0.1, 0.15) is 7.05 Å². The number of nitrogens with one attached hydrogen (secondary N) is 1. The van der Waals surface area contributed by atoms with Gasteiger partial charge in [-0.15, -0.1) is 0 Å². The standard InChI is InChI=1S/C51H62N4O.BF4.ClH/c1-50(2)45(54(5)43-29-27-39-20-10-12-22-41(39)48(43)50)31-25-37-18-17-19-38(36-37)26-32-46-51(3,4)49-42-23-13-11-21-40(42)28-30-44(49)55(46)35-16-8-9-24-47(56)53-34-15-7-6-14-33-52;2-1(3,4)5;/h10-13,20-23,25-32,36H,6-9,14-19,24,33-35,52H2,1-5H3;;1H/q;-1;/p+1. The highest BCUT2D eigenvalue weighted by molar-refractivity contribution is 6.50. The van der Waals surface area contributed by atoms with E-state index in [0.717, 1.165) is 64.6 Å². The average Bonchev–Trinajstić information content (AvgIpc) is 3.57. The summed E-state index contributed by atoms with van der Waals surface area (Å²) in [6.07, 6.45) is 23.6. The summed E-state index contributed by atoms with van der Waals surface area (Å²) in [5.74, 6) is 0.194. The molecule has 0 saturated carbocycles. The molecule has 2 aliphatic heterocycles. The lowest BCUT2D eigenvalue weighted by Gasteiger charge is -2.27. The van der Waals surface area contributed by atoms with E-state index in [0.29, 0.717) is 6.42 Å². The van der Waals surface area contributed by atoms with Crippen molar-refractivity contribution in [3.63, 3.8) is 0 Å². The Balaban J connectivity index is 0.00000114. The largest absolute Gasteiger partial charge is 1.00 e. The molecule has 0 fully saturated rings. The predicted octanol–water partition coefficient (Wildman–Crippen LogP) is 9.06. The highest BCUT2D eigenvalue weighted by Gasteiger charge is 2.44. The maximum absolute atomic E-state index is 12.5. The third-order valence-electron chi connectivity index (χ3n) is 12.6. The first-order valence-electron chi connectivity index (χ1n) is 22.3. The van der Waals surface area contributed by atoms with Crippen molar-refractivity contribution in [1.82, 2.24) is 5.32 Å². The van der Waals surface area contributed by atoms with Crippen molar-refractivity contribution in [3.8, 4) is 0 Å². The van der Waals surface area contributed by atoms with Crippen LogP contribution < -0.4 is 28.4 Å². The number of halogens is 5. The van der Waals surface area contributed by atoms with Crippen molar-refractivity contribution < 1.29 is 44.8 Å². The Bertz CT molecular complexity index is 2370. The van der Waals surface area contributed by atoms with Crippen molar-refractivity contribution in [3.05, 3.63) is 131 Å². The minimum atomic E-state index is -6.00. The molecule has 3 aliphatic rings. The fourth-order valence-electron chi connectivity index (χ4n) is 9.69. The van der Waals surface area contributed by atoms with Gasteiger partial charge < -0.3 is 45.6 Å². The Morgan fingerprint density at radius 1 is 0.774 bits per heavy atom. The zero-order valence-electron chi connectivity index (χ0n) is 37.2. The molecular formula is C51H64BClF4N4O. The minimum absolute atomic E-state index is 0. The molecule has 0 atom stereocenters. The van der Waals surface area contributed by atoms with Gasteiger partial charge in [-0.2, -0.15) is 4.58 Å². The molecule has 7 rings (SSSR count). The third-order valence-corrected chi connectivity index (χ3v) is 12.6. The van der Waals surface area contributed by atoms with Crippen LogP contribution in [0, 0.1) is 0 Å². The number of fused-ring (bicyclic) bond motifs is 6. The van der Waals surface area contributed by atoms with Gasteiger partial charge in [0.2, 0.25) is 11.6 Å². The highest BCUT2D eigenvalue weighted by atomic mass is 35.5. The first kappa shape index (κ1) is 48.4. The molecule has 332 valence electrons. The Labute approximate surface area is 372 Å². The van der Waals surface area contributed by atoms with E-state index in [1.54, 1.807) is 0 Å². The summed E-state index contributed by atoms with van der Waals surface area (Å²) in [6, 6.07) is 26.8. The van der Waals surface area contributed by atoms with Crippen LogP contribution >= 0.6 is 0 Å². The van der Waals surface area contributed by atoms with E-state index in [2.05, 4.69) is 158 Å². The summed E-state index contributed by atoms with van der Waals surface area (Å²) in [5, 5.41) is 8.43. The first-order chi connectivity index (χ1) is 29.1. The van der Waals surface area contributed by atoms with E-state index < -0.39 is 7.25 Å². The van der Waals surface area contributed by atoms with Crippen LogP contribution in [0.3, 0.4) is 0 Å². The molecule has 4 aromatic rings. The van der Waals surface area contributed by atoms with Crippen molar-refractivity contribution in [2.45, 2.75) is 109 Å². The number of hydrogen-bond acceptors (Lipinski definition) is 2. The molecule has 0 unspecified atom stereocenters. The molecule has 0 radical (unpaired) electrons. The van der Waals surface area contributed by atoms with E-state index in [4.69, 9.17) is 0 Å². The second-order valence-electron chi connectivity index (χ2n) is 17.8. The van der Waals surface area contributed by atoms with E-state index in [-0.39, 0.29) is 29.1 Å². The molecule has 2 heterocycles. The molecule has 11 heteroatoms. The Morgan fingerprint density at radius 2 is 1.40 bits per heavy atom. The van der Waals surface area contributed by atoms with Gasteiger partial charge in [-0.3, -0.25) is 4.79 Å². The lowest BCUT2D eigenvalue weighted by molar-refractivity contribution is -0.401. The van der Waals surface area contributed by atoms with Gasteiger partial charge in [-0.05, 0) is 122 Å². The van der Waals surface area contributed by atoms with Gasteiger partial charge in [0, 0.05) is 54.0 Å². The molecule has 62 heavy (non-hydrogen) atoms. The summed E-state index contributed by atoms with van der Waals surface area (Å²) in [5.41, 5.74) is 14.7. The molecule has 0 aromatic heterocycles. The first-order valence-corrected chi connectivity index (χ1v) is 22.3. The number of carbonyl (C=O) groups excluding carboxylic acids is 1. The Hall–Kier alpha value is -4.67. The Kier molecular flexibility index (Phi) is 16.5. The quantitative estimate of drug-likeness (QED) is 0.0543. The predicted molar refractivity (Wildman–Crippen MR) is 247 cm³/mol. The van der Waals surface area contributed by atoms with Gasteiger partial charge in [0.15, 0.2) is 5.71 Å². The van der Waals surface area contributed by atoms with Crippen molar-refractivity contribution in [2.24, 2.45) is 0 Å². The maximum Gasteiger partial charge on any atom is 0.673 e. The topological polar surface area (TPSA) is 63.0 Å². The van der Waals surface area contributed by atoms with Gasteiger partial charge >= 0.3 is 7.25 Å². The number of benzene rings is 4. The van der Waals surface area contributed by atoms with Crippen LogP contribution in [0.1, 0.15) is 109 Å². The van der Waals surface area contributed by atoms with E-state index in [1.165, 1.54) is 85.9 Å². The monoisotopic (exact) mass is 870 g/mol. The smallest absolute Gasteiger partial charge is 0.673 e. The SMILES string of the molecule is C[N+]1=C(/C=C/C2=CC(=C/C=C3/N(CCCCCC(=O)NCCCCCC[NH3+])c4ccc5ccccc5c4C3(C)C)/CCC2)C(C)(C)c2c1ccc1ccccc21.F[B-](F)(F)F.[Cl-]. The second kappa shape index (κ2) is 21.1. The second-order valence-corrected chi connectivity index (χ2v) is 17.8. The summed E-state index contributed by atoms with van der Waals surface area (Å²) < 4.78 is 41.4. The molecule has 4 aromatic carbocycles. The molecule has 4 N–H and O–H groups in total. The van der Waals surface area contributed by atoms with E-state index in [9.17, 15) is 22.1 Å². The summed E-state index contributed by atoms with van der Waals surface area (Å²) in [4.78, 5) is 15.1. The lowest BCUT2D eigenvalue weighted by atomic mass is 9.79. The van der Waals surface area contributed by atoms with Crippen LogP contribution in [0.25, 0.3) is 21.5 Å². The number of carbonyl (C=O) groups is 1. The molecule has 0 bridgehead atoms. The maximum atomic E-state index is 12.5. The number of nitrogens with zero attached hydrogens (tertiary/aromatic N) is 2. The number of quaternary nitrogens is 1. The summed E-state index contributed by atoms with van der Waals surface area (Å²) in [7, 11) is -3.78. The number of anilines is 1. The average molecular weight is 871 g/mol. The van der Waals surface area contributed by atoms with Gasteiger partial charge in [0.25, 0.3) is 0 Å². The Morgan fingerprint density at radius 3 is 2.10 bits per heavy atom. The zero-order chi connectivity index (χ0) is 43.8. The van der Waals surface area contributed by atoms with Crippen LogP contribution in [0.4, 0.5) is 28.6 Å². The zero-order valence-corrected chi connectivity index (χ0v) is 37.9. The minimum Gasteiger partial charge on any atom is -1.00 e. The van der Waals surface area contributed by atoms with Crippen LogP contribution in [0.5, 0.6) is 0 Å². The van der Waals surface area contributed by atoms with Crippen LogP contribution in [-0.2, 0) is 15.6 Å². The van der Waals surface area contributed by atoms with Crippen molar-refractivity contribution >= 4 is 51.8 Å². The lowest BCUT2D eigenvalue weighted by Crippen LogP contribution is -3.00. The van der Waals surface area contributed by atoms with Crippen LogP contribution in [-0.4, -0.2) is 50.1 Å². The number of allylic oxidation sites excluding steroid dienone is 8. The molecule has 5 nitrogen and oxygen atoms in total. The van der Waals surface area contributed by atoms with Crippen LogP contribution in [0.15, 0.2) is 120 Å².